The summed E-state index contributed by atoms with van der Waals surface area (Å²) in [5.41, 5.74) is 5.87. The molecule has 23 heavy (non-hydrogen) atoms. The van der Waals surface area contributed by atoms with Gasteiger partial charge in [0, 0.05) is 17.6 Å². The van der Waals surface area contributed by atoms with Crippen molar-refractivity contribution in [2.24, 2.45) is 5.92 Å². The molecule has 0 aliphatic carbocycles. The van der Waals surface area contributed by atoms with E-state index in [1.54, 1.807) is 6.08 Å². The Labute approximate surface area is 142 Å². The van der Waals surface area contributed by atoms with E-state index in [4.69, 9.17) is 0 Å². The first kappa shape index (κ1) is 18.8. The molecule has 0 spiro atoms. The normalized spacial score (nSPS) is 13.0. The SMILES string of the molecule is C=C/C=C\C(=C)N(/C=C(\C)CC(C)C=C)c1ccc(C)cc1C. The van der Waals surface area contributed by atoms with Crippen molar-refractivity contribution in [3.8, 4) is 0 Å². The maximum absolute atomic E-state index is 4.21. The van der Waals surface area contributed by atoms with Gasteiger partial charge in [0.15, 0.2) is 0 Å². The summed E-state index contributed by atoms with van der Waals surface area (Å²) in [5.74, 6) is 0.462. The molecule has 0 heterocycles. The van der Waals surface area contributed by atoms with Gasteiger partial charge in [-0.3, -0.25) is 0 Å². The highest BCUT2D eigenvalue weighted by Crippen LogP contribution is 2.27. The van der Waals surface area contributed by atoms with Gasteiger partial charge in [0.25, 0.3) is 0 Å². The maximum atomic E-state index is 4.21. The minimum Gasteiger partial charge on any atom is -0.318 e. The predicted octanol–water partition coefficient (Wildman–Crippen LogP) is 6.48. The molecule has 122 valence electrons. The molecule has 0 fully saturated rings. The van der Waals surface area contributed by atoms with Gasteiger partial charge >= 0.3 is 0 Å². The zero-order chi connectivity index (χ0) is 17.4. The van der Waals surface area contributed by atoms with Crippen LogP contribution >= 0.6 is 0 Å². The summed E-state index contributed by atoms with van der Waals surface area (Å²) in [6.07, 6.45) is 10.8. The summed E-state index contributed by atoms with van der Waals surface area (Å²) in [6, 6.07) is 6.48. The van der Waals surface area contributed by atoms with Crippen molar-refractivity contribution in [3.05, 3.63) is 90.8 Å². The predicted molar refractivity (Wildman–Crippen MR) is 105 cm³/mol. The van der Waals surface area contributed by atoms with Crippen LogP contribution in [0.2, 0.25) is 0 Å². The molecular weight excluding hydrogens is 278 g/mol. The Kier molecular flexibility index (Phi) is 7.34. The largest absolute Gasteiger partial charge is 0.318 e. The minimum atomic E-state index is 0.462. The van der Waals surface area contributed by atoms with Crippen molar-refractivity contribution in [3.63, 3.8) is 0 Å². The summed E-state index contributed by atoms with van der Waals surface area (Å²) in [6.45, 7) is 20.4. The average molecular weight is 307 g/mol. The topological polar surface area (TPSA) is 3.24 Å². The van der Waals surface area contributed by atoms with E-state index in [0.717, 1.165) is 17.8 Å². The van der Waals surface area contributed by atoms with Gasteiger partial charge in [-0.05, 0) is 50.8 Å². The van der Waals surface area contributed by atoms with Gasteiger partial charge in [-0.1, -0.05) is 61.6 Å². The van der Waals surface area contributed by atoms with Crippen LogP contribution in [0.15, 0.2) is 79.7 Å². The van der Waals surface area contributed by atoms with Crippen molar-refractivity contribution in [1.29, 1.82) is 0 Å². The number of aryl methyl sites for hydroxylation is 2. The van der Waals surface area contributed by atoms with Gasteiger partial charge in [0.05, 0.1) is 0 Å². The molecule has 1 heteroatoms. The fourth-order valence-corrected chi connectivity index (χ4v) is 2.51. The number of allylic oxidation sites excluding steroid dienone is 5. The minimum absolute atomic E-state index is 0.462. The Morgan fingerprint density at radius 3 is 2.52 bits per heavy atom. The van der Waals surface area contributed by atoms with E-state index in [-0.39, 0.29) is 0 Å². The van der Waals surface area contributed by atoms with Crippen LogP contribution in [0.3, 0.4) is 0 Å². The van der Waals surface area contributed by atoms with Gasteiger partial charge in [0.2, 0.25) is 0 Å². The van der Waals surface area contributed by atoms with E-state index in [9.17, 15) is 0 Å². The van der Waals surface area contributed by atoms with Crippen molar-refractivity contribution in [2.45, 2.75) is 34.1 Å². The molecule has 1 rings (SSSR count). The Balaban J connectivity index is 3.23. The molecule has 0 aromatic heterocycles. The van der Waals surface area contributed by atoms with Gasteiger partial charge in [-0.25, -0.2) is 0 Å². The highest BCUT2D eigenvalue weighted by Gasteiger charge is 2.10. The molecule has 0 saturated heterocycles. The zero-order valence-electron chi connectivity index (χ0n) is 15.0. The highest BCUT2D eigenvalue weighted by atomic mass is 15.1. The molecule has 1 aromatic rings. The molecule has 1 atom stereocenters. The number of hydrogen-bond donors (Lipinski definition) is 0. The van der Waals surface area contributed by atoms with Crippen molar-refractivity contribution < 1.29 is 0 Å². The number of hydrogen-bond acceptors (Lipinski definition) is 1. The van der Waals surface area contributed by atoms with Crippen molar-refractivity contribution in [2.75, 3.05) is 4.90 Å². The molecule has 0 radical (unpaired) electrons. The lowest BCUT2D eigenvalue weighted by Gasteiger charge is -2.25. The van der Waals surface area contributed by atoms with E-state index >= 15 is 0 Å². The van der Waals surface area contributed by atoms with Crippen LogP contribution in [0, 0.1) is 19.8 Å². The lowest BCUT2D eigenvalue weighted by atomic mass is 10.0. The quantitative estimate of drug-likeness (QED) is 0.392. The van der Waals surface area contributed by atoms with E-state index in [1.807, 2.05) is 18.2 Å². The molecule has 1 unspecified atom stereocenters. The standard InChI is InChI=1S/C22H29N/c1-8-10-11-21(7)23(16-19(5)14-17(3)9-2)22-13-12-18(4)15-20(22)6/h8-13,15-17H,1-2,7,14H2,3-6H3/b11-10-,19-16+. The highest BCUT2D eigenvalue weighted by molar-refractivity contribution is 5.62. The molecule has 0 N–H and O–H groups in total. The van der Waals surface area contributed by atoms with E-state index in [2.05, 4.69) is 76.7 Å². The first-order chi connectivity index (χ1) is 10.9. The third-order valence-corrected chi connectivity index (χ3v) is 3.74. The molecular formula is C22H29N. The first-order valence-corrected chi connectivity index (χ1v) is 8.03. The molecule has 0 bridgehead atoms. The Morgan fingerprint density at radius 2 is 1.96 bits per heavy atom. The van der Waals surface area contributed by atoms with Crippen LogP contribution < -0.4 is 4.90 Å². The number of benzene rings is 1. The van der Waals surface area contributed by atoms with Gasteiger partial charge in [-0.15, -0.1) is 6.58 Å². The first-order valence-electron chi connectivity index (χ1n) is 8.03. The lowest BCUT2D eigenvalue weighted by molar-refractivity contribution is 0.716. The zero-order valence-corrected chi connectivity index (χ0v) is 15.0. The molecule has 1 nitrogen and oxygen atoms in total. The van der Waals surface area contributed by atoms with Gasteiger partial charge < -0.3 is 4.90 Å². The third-order valence-electron chi connectivity index (χ3n) is 3.74. The van der Waals surface area contributed by atoms with Gasteiger partial charge in [0.1, 0.15) is 0 Å². The molecule has 1 aromatic carbocycles. The summed E-state index contributed by atoms with van der Waals surface area (Å²) < 4.78 is 0. The van der Waals surface area contributed by atoms with Crippen LogP contribution in [-0.2, 0) is 0 Å². The van der Waals surface area contributed by atoms with Crippen LogP contribution in [0.25, 0.3) is 0 Å². The number of nitrogens with zero attached hydrogens (tertiary/aromatic N) is 1. The van der Waals surface area contributed by atoms with Crippen molar-refractivity contribution in [1.82, 2.24) is 0 Å². The lowest BCUT2D eigenvalue weighted by Crippen LogP contribution is -2.15. The van der Waals surface area contributed by atoms with Crippen LogP contribution in [0.4, 0.5) is 5.69 Å². The summed E-state index contributed by atoms with van der Waals surface area (Å²) in [4.78, 5) is 2.15. The van der Waals surface area contributed by atoms with Crippen molar-refractivity contribution >= 4 is 5.69 Å². The third kappa shape index (κ3) is 5.78. The van der Waals surface area contributed by atoms with Crippen LogP contribution in [0.1, 0.15) is 31.4 Å². The second-order valence-electron chi connectivity index (χ2n) is 6.14. The molecule has 0 amide bonds. The molecule has 0 saturated carbocycles. The summed E-state index contributed by atoms with van der Waals surface area (Å²) in [5, 5.41) is 0. The fourth-order valence-electron chi connectivity index (χ4n) is 2.51. The number of anilines is 1. The van der Waals surface area contributed by atoms with Crippen LogP contribution in [0.5, 0.6) is 0 Å². The summed E-state index contributed by atoms with van der Waals surface area (Å²) >= 11 is 0. The van der Waals surface area contributed by atoms with E-state index < -0.39 is 0 Å². The Bertz CT molecular complexity index is 631. The van der Waals surface area contributed by atoms with Crippen LogP contribution in [-0.4, -0.2) is 0 Å². The van der Waals surface area contributed by atoms with Gasteiger partial charge in [-0.2, -0.15) is 0 Å². The van der Waals surface area contributed by atoms with E-state index in [0.29, 0.717) is 5.92 Å². The Morgan fingerprint density at radius 1 is 1.26 bits per heavy atom. The molecule has 0 aliphatic rings. The van der Waals surface area contributed by atoms with E-state index in [1.165, 1.54) is 16.7 Å². The summed E-state index contributed by atoms with van der Waals surface area (Å²) in [7, 11) is 0. The fraction of sp³-hybridized carbons (Fsp3) is 0.273. The average Bonchev–Trinajstić information content (AvgIpc) is 2.50. The molecule has 0 aliphatic heterocycles. The second-order valence-corrected chi connectivity index (χ2v) is 6.14. The monoisotopic (exact) mass is 307 g/mol. The maximum Gasteiger partial charge on any atom is 0.0484 e. The number of rotatable bonds is 8. The Hall–Kier alpha value is -2.28. The smallest absolute Gasteiger partial charge is 0.0484 e. The second kappa shape index (κ2) is 8.99.